The first-order chi connectivity index (χ1) is 5.27. The molecule has 0 spiro atoms. The van der Waals surface area contributed by atoms with Gasteiger partial charge in [-0.25, -0.2) is 0 Å². The smallest absolute Gasteiger partial charge is 0.0326 e. The molecule has 0 heterocycles. The minimum absolute atomic E-state index is 0.800. The van der Waals surface area contributed by atoms with E-state index in [2.05, 4.69) is 13.8 Å². The minimum Gasteiger partial charge on any atom is -0.0683 e. The first-order valence-corrected chi connectivity index (χ1v) is 5.27. The van der Waals surface area contributed by atoms with Gasteiger partial charge in [0.25, 0.3) is 0 Å². The molecule has 0 heteroatoms. The Balaban J connectivity index is 0. The summed E-state index contributed by atoms with van der Waals surface area (Å²) in [7, 11) is 0. The maximum absolute atomic E-state index is 2.39. The van der Waals surface area contributed by atoms with Gasteiger partial charge in [0.15, 0.2) is 0 Å². The molecule has 1 aliphatic carbocycles. The maximum Gasteiger partial charge on any atom is -0.0326 e. The van der Waals surface area contributed by atoms with E-state index in [1.54, 1.807) is 0 Å². The van der Waals surface area contributed by atoms with E-state index in [1.807, 2.05) is 27.7 Å². The van der Waals surface area contributed by atoms with Gasteiger partial charge in [0.1, 0.15) is 0 Å². The van der Waals surface area contributed by atoms with Gasteiger partial charge in [0.2, 0.25) is 0 Å². The highest BCUT2D eigenvalue weighted by Gasteiger charge is 2.35. The highest BCUT2D eigenvalue weighted by atomic mass is 14.4. The van der Waals surface area contributed by atoms with Crippen molar-refractivity contribution in [2.75, 3.05) is 0 Å². The average molecular weight is 158 g/mol. The minimum atomic E-state index is 0.800. The zero-order valence-electron chi connectivity index (χ0n) is 9.33. The second kappa shape index (κ2) is 8.10. The summed E-state index contributed by atoms with van der Waals surface area (Å²) in [4.78, 5) is 0. The molecule has 1 fully saturated rings. The Kier molecular flexibility index (Phi) is 10.0. The molecule has 0 radical (unpaired) electrons. The van der Waals surface area contributed by atoms with Crippen LogP contribution < -0.4 is 0 Å². The SMILES string of the molecule is CC.CC.CCCC1(C)CC1. The lowest BCUT2D eigenvalue weighted by molar-refractivity contribution is 0.510. The van der Waals surface area contributed by atoms with E-state index >= 15 is 0 Å². The zero-order valence-corrected chi connectivity index (χ0v) is 9.33. The lowest BCUT2D eigenvalue weighted by Gasteiger charge is -2.01. The van der Waals surface area contributed by atoms with Gasteiger partial charge >= 0.3 is 0 Å². The third-order valence-corrected chi connectivity index (χ3v) is 1.96. The highest BCUT2D eigenvalue weighted by Crippen LogP contribution is 2.48. The Bertz CT molecular complexity index is 60.4. The lowest BCUT2D eigenvalue weighted by atomic mass is 10.0. The van der Waals surface area contributed by atoms with Gasteiger partial charge in [-0.1, -0.05) is 48.0 Å². The summed E-state index contributed by atoms with van der Waals surface area (Å²) in [5.41, 5.74) is 0.800. The van der Waals surface area contributed by atoms with Gasteiger partial charge in [0, 0.05) is 0 Å². The Morgan fingerprint density at radius 3 is 1.45 bits per heavy atom. The van der Waals surface area contributed by atoms with Crippen molar-refractivity contribution in [3.63, 3.8) is 0 Å². The van der Waals surface area contributed by atoms with Crippen molar-refractivity contribution >= 4 is 0 Å². The molecule has 0 atom stereocenters. The van der Waals surface area contributed by atoms with Gasteiger partial charge in [-0.2, -0.15) is 0 Å². The van der Waals surface area contributed by atoms with Crippen molar-refractivity contribution in [1.82, 2.24) is 0 Å². The molecule has 0 aliphatic heterocycles. The molecular weight excluding hydrogens is 132 g/mol. The van der Waals surface area contributed by atoms with Crippen LogP contribution >= 0.6 is 0 Å². The van der Waals surface area contributed by atoms with Gasteiger partial charge < -0.3 is 0 Å². The standard InChI is InChI=1S/C7H14.2C2H6/c1-3-4-7(2)5-6-7;2*1-2/h3-6H2,1-2H3;2*1-2H3. The number of rotatable bonds is 2. The fraction of sp³-hybridized carbons (Fsp3) is 1.00. The van der Waals surface area contributed by atoms with Crippen LogP contribution in [0.15, 0.2) is 0 Å². The van der Waals surface area contributed by atoms with Crippen molar-refractivity contribution in [2.45, 2.75) is 67.2 Å². The van der Waals surface area contributed by atoms with Gasteiger partial charge in [-0.05, 0) is 24.7 Å². The van der Waals surface area contributed by atoms with Crippen LogP contribution in [0.25, 0.3) is 0 Å². The fourth-order valence-electron chi connectivity index (χ4n) is 1.07. The molecule has 70 valence electrons. The van der Waals surface area contributed by atoms with Crippen LogP contribution in [0.3, 0.4) is 0 Å². The molecule has 0 saturated heterocycles. The summed E-state index contributed by atoms with van der Waals surface area (Å²) in [6, 6.07) is 0. The predicted octanol–water partition coefficient (Wildman–Crippen LogP) is 4.64. The summed E-state index contributed by atoms with van der Waals surface area (Å²) in [6.07, 6.45) is 5.80. The van der Waals surface area contributed by atoms with E-state index < -0.39 is 0 Å². The molecule has 0 bridgehead atoms. The molecule has 11 heavy (non-hydrogen) atoms. The molecule has 1 aliphatic rings. The average Bonchev–Trinajstić information content (AvgIpc) is 2.77. The fourth-order valence-corrected chi connectivity index (χ4v) is 1.07. The normalized spacial score (nSPS) is 16.9. The van der Waals surface area contributed by atoms with E-state index in [0.717, 1.165) is 5.41 Å². The van der Waals surface area contributed by atoms with Crippen LogP contribution in [0.2, 0.25) is 0 Å². The molecule has 0 aromatic heterocycles. The predicted molar refractivity (Wildman–Crippen MR) is 54.9 cm³/mol. The summed E-state index contributed by atoms with van der Waals surface area (Å²) in [6.45, 7) is 12.7. The van der Waals surface area contributed by atoms with Crippen LogP contribution in [0.5, 0.6) is 0 Å². The van der Waals surface area contributed by atoms with Gasteiger partial charge in [0.05, 0.1) is 0 Å². The quantitative estimate of drug-likeness (QED) is 0.549. The van der Waals surface area contributed by atoms with Crippen molar-refractivity contribution in [1.29, 1.82) is 0 Å². The van der Waals surface area contributed by atoms with E-state index in [4.69, 9.17) is 0 Å². The van der Waals surface area contributed by atoms with Crippen molar-refractivity contribution in [2.24, 2.45) is 5.41 Å². The molecule has 0 aromatic carbocycles. The summed E-state index contributed by atoms with van der Waals surface area (Å²) >= 11 is 0. The van der Waals surface area contributed by atoms with Gasteiger partial charge in [-0.15, -0.1) is 0 Å². The van der Waals surface area contributed by atoms with E-state index in [1.165, 1.54) is 25.7 Å². The maximum atomic E-state index is 2.39. The van der Waals surface area contributed by atoms with Crippen LogP contribution in [-0.2, 0) is 0 Å². The summed E-state index contributed by atoms with van der Waals surface area (Å²) < 4.78 is 0. The molecule has 0 unspecified atom stereocenters. The largest absolute Gasteiger partial charge is 0.0683 e. The van der Waals surface area contributed by atoms with Gasteiger partial charge in [-0.3, -0.25) is 0 Å². The third kappa shape index (κ3) is 7.90. The summed E-state index contributed by atoms with van der Waals surface area (Å²) in [5, 5.41) is 0. The monoisotopic (exact) mass is 158 g/mol. The second-order valence-corrected chi connectivity index (χ2v) is 3.06. The van der Waals surface area contributed by atoms with Crippen LogP contribution in [-0.4, -0.2) is 0 Å². The van der Waals surface area contributed by atoms with E-state index in [0.29, 0.717) is 0 Å². The Morgan fingerprint density at radius 2 is 1.36 bits per heavy atom. The second-order valence-electron chi connectivity index (χ2n) is 3.06. The van der Waals surface area contributed by atoms with E-state index in [-0.39, 0.29) is 0 Å². The molecule has 1 saturated carbocycles. The first kappa shape index (κ1) is 13.6. The molecule has 0 nitrogen and oxygen atoms in total. The van der Waals surface area contributed by atoms with Crippen LogP contribution in [0.4, 0.5) is 0 Å². The molecule has 0 aromatic rings. The molecule has 0 amide bonds. The van der Waals surface area contributed by atoms with Crippen molar-refractivity contribution in [3.05, 3.63) is 0 Å². The number of hydrogen-bond donors (Lipinski definition) is 0. The summed E-state index contributed by atoms with van der Waals surface area (Å²) in [5.74, 6) is 0. The molecule has 1 rings (SSSR count). The van der Waals surface area contributed by atoms with Crippen molar-refractivity contribution in [3.8, 4) is 0 Å². The Hall–Kier alpha value is 0. The first-order valence-electron chi connectivity index (χ1n) is 5.27. The highest BCUT2D eigenvalue weighted by molar-refractivity contribution is 4.87. The Morgan fingerprint density at radius 1 is 1.00 bits per heavy atom. The van der Waals surface area contributed by atoms with E-state index in [9.17, 15) is 0 Å². The van der Waals surface area contributed by atoms with Crippen molar-refractivity contribution < 1.29 is 0 Å². The van der Waals surface area contributed by atoms with Crippen LogP contribution in [0.1, 0.15) is 67.2 Å². The number of hydrogen-bond acceptors (Lipinski definition) is 0. The topological polar surface area (TPSA) is 0 Å². The molecular formula is C11H26. The Labute approximate surface area is 73.4 Å². The third-order valence-electron chi connectivity index (χ3n) is 1.96. The lowest BCUT2D eigenvalue weighted by Crippen LogP contribution is -1.88. The van der Waals surface area contributed by atoms with Crippen LogP contribution in [0, 0.1) is 5.41 Å². The zero-order chi connectivity index (χ0) is 9.33. The molecule has 0 N–H and O–H groups in total.